The second-order valence-corrected chi connectivity index (χ2v) is 4.94. The van der Waals surface area contributed by atoms with Crippen LogP contribution in [0.3, 0.4) is 0 Å². The van der Waals surface area contributed by atoms with Gasteiger partial charge in [-0.3, -0.25) is 5.10 Å². The normalized spacial score (nSPS) is 14.4. The molecule has 0 radical (unpaired) electrons. The Morgan fingerprint density at radius 3 is 2.43 bits per heavy atom. The number of aromatic amines is 1. The molecule has 0 saturated heterocycles. The number of hydrogen-bond acceptors (Lipinski definition) is 2. The lowest BCUT2D eigenvalue weighted by atomic mass is 9.79. The minimum atomic E-state index is 0.239. The van der Waals surface area contributed by atoms with Gasteiger partial charge in [-0.2, -0.15) is 5.10 Å². The molecule has 0 saturated carbocycles. The van der Waals surface area contributed by atoms with E-state index < -0.39 is 0 Å². The van der Waals surface area contributed by atoms with Gasteiger partial charge in [0.15, 0.2) is 0 Å². The van der Waals surface area contributed by atoms with Gasteiger partial charge in [0.2, 0.25) is 0 Å². The fraction of sp³-hybridized carbons (Fsp3) is 0.727. The number of anilines is 1. The topological polar surface area (TPSA) is 54.7 Å². The van der Waals surface area contributed by atoms with Gasteiger partial charge < -0.3 is 5.73 Å². The molecule has 0 spiro atoms. The van der Waals surface area contributed by atoms with Crippen molar-refractivity contribution in [2.24, 2.45) is 5.41 Å². The van der Waals surface area contributed by atoms with Crippen molar-refractivity contribution in [1.82, 2.24) is 10.2 Å². The molecule has 14 heavy (non-hydrogen) atoms. The maximum Gasteiger partial charge on any atom is 0.148 e. The van der Waals surface area contributed by atoms with Gasteiger partial charge in [0, 0.05) is 17.2 Å². The lowest BCUT2D eigenvalue weighted by Crippen LogP contribution is -2.17. The molecule has 0 aliphatic carbocycles. The Bertz CT molecular complexity index is 307. The second-order valence-electron chi connectivity index (χ2n) is 4.94. The largest absolute Gasteiger partial charge is 0.382 e. The van der Waals surface area contributed by atoms with E-state index in [-0.39, 0.29) is 5.41 Å². The summed E-state index contributed by atoms with van der Waals surface area (Å²) < 4.78 is 0. The SMILES string of the molecule is CCc1c(N)n[nH]c1C(C)C(C)(C)C. The number of rotatable bonds is 2. The Morgan fingerprint density at radius 1 is 1.43 bits per heavy atom. The molecule has 1 atom stereocenters. The standard InChI is InChI=1S/C11H21N3/c1-6-8-9(13-14-10(8)12)7(2)11(3,4)5/h7H,6H2,1-5H3,(H3,12,13,14). The van der Waals surface area contributed by atoms with Crippen LogP contribution >= 0.6 is 0 Å². The Balaban J connectivity index is 3.07. The molecule has 1 aromatic heterocycles. The van der Waals surface area contributed by atoms with E-state index in [0.717, 1.165) is 6.42 Å². The highest BCUT2D eigenvalue weighted by molar-refractivity contribution is 5.43. The summed E-state index contributed by atoms with van der Waals surface area (Å²) in [5.74, 6) is 1.10. The molecule has 0 fully saturated rings. The van der Waals surface area contributed by atoms with Crippen LogP contribution in [0.25, 0.3) is 0 Å². The third-order valence-electron chi connectivity index (χ3n) is 3.02. The molecule has 3 N–H and O–H groups in total. The van der Waals surface area contributed by atoms with Crippen molar-refractivity contribution in [1.29, 1.82) is 0 Å². The van der Waals surface area contributed by atoms with Gasteiger partial charge in [-0.1, -0.05) is 34.6 Å². The first-order valence-corrected chi connectivity index (χ1v) is 5.20. The Kier molecular flexibility index (Phi) is 2.88. The predicted molar refractivity (Wildman–Crippen MR) is 60.2 cm³/mol. The molecule has 0 aliphatic rings. The van der Waals surface area contributed by atoms with Crippen LogP contribution in [0, 0.1) is 5.41 Å². The van der Waals surface area contributed by atoms with Gasteiger partial charge in [0.25, 0.3) is 0 Å². The van der Waals surface area contributed by atoms with E-state index in [2.05, 4.69) is 44.8 Å². The first kappa shape index (κ1) is 11.1. The van der Waals surface area contributed by atoms with Crippen LogP contribution in [0.2, 0.25) is 0 Å². The summed E-state index contributed by atoms with van der Waals surface area (Å²) in [5.41, 5.74) is 8.40. The zero-order valence-corrected chi connectivity index (χ0v) is 9.81. The molecule has 0 aliphatic heterocycles. The van der Waals surface area contributed by atoms with Gasteiger partial charge >= 0.3 is 0 Å². The molecule has 3 nitrogen and oxygen atoms in total. The molecule has 0 amide bonds. The van der Waals surface area contributed by atoms with Gasteiger partial charge in [-0.05, 0) is 11.8 Å². The molecule has 0 bridgehead atoms. The summed E-state index contributed by atoms with van der Waals surface area (Å²) in [5, 5.41) is 7.13. The lowest BCUT2D eigenvalue weighted by Gasteiger charge is -2.27. The van der Waals surface area contributed by atoms with E-state index in [1.54, 1.807) is 0 Å². The first-order valence-electron chi connectivity index (χ1n) is 5.20. The lowest BCUT2D eigenvalue weighted by molar-refractivity contribution is 0.332. The Hall–Kier alpha value is -0.990. The Morgan fingerprint density at radius 2 is 2.00 bits per heavy atom. The molecule has 80 valence electrons. The molecular weight excluding hydrogens is 174 g/mol. The monoisotopic (exact) mass is 195 g/mol. The highest BCUT2D eigenvalue weighted by Gasteiger charge is 2.25. The quantitative estimate of drug-likeness (QED) is 0.762. The van der Waals surface area contributed by atoms with Crippen molar-refractivity contribution in [3.05, 3.63) is 11.3 Å². The summed E-state index contributed by atoms with van der Waals surface area (Å²) in [6.07, 6.45) is 0.943. The maximum atomic E-state index is 5.79. The van der Waals surface area contributed by atoms with Crippen molar-refractivity contribution < 1.29 is 0 Å². The van der Waals surface area contributed by atoms with Crippen LogP contribution in [0.4, 0.5) is 5.82 Å². The molecule has 0 aromatic carbocycles. The molecule has 1 rings (SSSR count). The number of nitrogens with zero attached hydrogens (tertiary/aromatic N) is 1. The fourth-order valence-electron chi connectivity index (χ4n) is 1.56. The summed E-state index contributed by atoms with van der Waals surface area (Å²) in [6.45, 7) is 11.0. The van der Waals surface area contributed by atoms with E-state index in [9.17, 15) is 0 Å². The van der Waals surface area contributed by atoms with E-state index in [1.165, 1.54) is 11.3 Å². The molecule has 1 aromatic rings. The maximum absolute atomic E-state index is 5.79. The highest BCUT2D eigenvalue weighted by atomic mass is 15.2. The predicted octanol–water partition coefficient (Wildman–Crippen LogP) is 2.70. The van der Waals surface area contributed by atoms with Gasteiger partial charge in [-0.25, -0.2) is 0 Å². The number of nitrogens with two attached hydrogens (primary N) is 1. The van der Waals surface area contributed by atoms with Crippen LogP contribution < -0.4 is 5.73 Å². The molecule has 1 unspecified atom stereocenters. The van der Waals surface area contributed by atoms with Crippen molar-refractivity contribution >= 4 is 5.82 Å². The summed E-state index contributed by atoms with van der Waals surface area (Å²) in [4.78, 5) is 0. The van der Waals surface area contributed by atoms with Crippen LogP contribution in [-0.4, -0.2) is 10.2 Å². The number of nitrogens with one attached hydrogen (secondary N) is 1. The van der Waals surface area contributed by atoms with Crippen molar-refractivity contribution in [2.45, 2.75) is 47.0 Å². The van der Waals surface area contributed by atoms with Crippen LogP contribution in [0.5, 0.6) is 0 Å². The van der Waals surface area contributed by atoms with Crippen LogP contribution in [-0.2, 0) is 6.42 Å². The van der Waals surface area contributed by atoms with E-state index in [0.29, 0.717) is 11.7 Å². The highest BCUT2D eigenvalue weighted by Crippen LogP contribution is 2.36. The molecular formula is C11H21N3. The van der Waals surface area contributed by atoms with Crippen molar-refractivity contribution in [3.63, 3.8) is 0 Å². The summed E-state index contributed by atoms with van der Waals surface area (Å²) in [6, 6.07) is 0. The van der Waals surface area contributed by atoms with Gasteiger partial charge in [0.1, 0.15) is 5.82 Å². The molecule has 3 heteroatoms. The molecule has 1 heterocycles. The number of nitrogen functional groups attached to an aromatic ring is 1. The van der Waals surface area contributed by atoms with E-state index in [1.807, 2.05) is 0 Å². The zero-order valence-electron chi connectivity index (χ0n) is 9.81. The average Bonchev–Trinajstić information content (AvgIpc) is 2.43. The number of aromatic nitrogens is 2. The first-order chi connectivity index (χ1) is 6.38. The second kappa shape index (κ2) is 3.64. The van der Waals surface area contributed by atoms with Crippen molar-refractivity contribution in [2.75, 3.05) is 5.73 Å². The number of H-pyrrole nitrogens is 1. The van der Waals surface area contributed by atoms with Gasteiger partial charge in [-0.15, -0.1) is 0 Å². The zero-order chi connectivity index (χ0) is 10.9. The minimum Gasteiger partial charge on any atom is -0.382 e. The summed E-state index contributed by atoms with van der Waals surface area (Å²) >= 11 is 0. The Labute approximate surface area is 86.1 Å². The van der Waals surface area contributed by atoms with E-state index in [4.69, 9.17) is 5.73 Å². The van der Waals surface area contributed by atoms with E-state index >= 15 is 0 Å². The summed E-state index contributed by atoms with van der Waals surface area (Å²) in [7, 11) is 0. The van der Waals surface area contributed by atoms with Gasteiger partial charge in [0.05, 0.1) is 0 Å². The third-order valence-corrected chi connectivity index (χ3v) is 3.02. The third kappa shape index (κ3) is 1.91. The number of hydrogen-bond donors (Lipinski definition) is 2. The smallest absolute Gasteiger partial charge is 0.148 e. The average molecular weight is 195 g/mol. The van der Waals surface area contributed by atoms with Crippen LogP contribution in [0.1, 0.15) is 51.8 Å². The minimum absolute atomic E-state index is 0.239. The fourth-order valence-corrected chi connectivity index (χ4v) is 1.56. The van der Waals surface area contributed by atoms with Crippen molar-refractivity contribution in [3.8, 4) is 0 Å². The van der Waals surface area contributed by atoms with Crippen LogP contribution in [0.15, 0.2) is 0 Å².